The molecule has 1 rings (SSSR count). The Labute approximate surface area is 172 Å². The Balaban J connectivity index is 0.00000625. The number of aliphatic imine (C=N–C) groups is 1. The number of guanidine groups is 1. The highest BCUT2D eigenvalue weighted by atomic mass is 127. The Hall–Kier alpha value is -0.290. The van der Waals surface area contributed by atoms with Crippen LogP contribution in [-0.4, -0.2) is 68.5 Å². The second-order valence-corrected chi connectivity index (χ2v) is 6.77. The lowest BCUT2D eigenvalue weighted by Crippen LogP contribution is -2.45. The first-order valence-corrected chi connectivity index (χ1v) is 9.20. The van der Waals surface area contributed by atoms with Gasteiger partial charge in [0.25, 0.3) is 0 Å². The van der Waals surface area contributed by atoms with E-state index in [1.807, 2.05) is 13.8 Å². The number of ether oxygens (including phenoxy) is 1. The highest BCUT2D eigenvalue weighted by molar-refractivity contribution is 14.0. The fourth-order valence-electron chi connectivity index (χ4n) is 2.99. The van der Waals surface area contributed by atoms with E-state index in [0.717, 1.165) is 6.42 Å². The molecule has 0 aromatic rings. The van der Waals surface area contributed by atoms with E-state index in [2.05, 4.69) is 29.5 Å². The van der Waals surface area contributed by atoms with Crippen molar-refractivity contribution in [2.24, 2.45) is 10.9 Å². The topological polar surface area (TPSA) is 48.9 Å². The van der Waals surface area contributed by atoms with Crippen LogP contribution in [0.3, 0.4) is 0 Å². The van der Waals surface area contributed by atoms with Crippen LogP contribution in [0, 0.1) is 5.92 Å². The Kier molecular flexibility index (Phi) is 12.8. The van der Waals surface area contributed by atoms with Gasteiger partial charge in [0, 0.05) is 38.8 Å². The van der Waals surface area contributed by atoms with Gasteiger partial charge >= 0.3 is 6.18 Å². The minimum Gasteiger partial charge on any atom is -0.378 e. The predicted octanol–water partition coefficient (Wildman–Crippen LogP) is 3.25. The van der Waals surface area contributed by atoms with Crippen LogP contribution in [0.15, 0.2) is 4.99 Å². The van der Waals surface area contributed by atoms with Gasteiger partial charge < -0.3 is 15.4 Å². The molecule has 5 nitrogen and oxygen atoms in total. The van der Waals surface area contributed by atoms with Gasteiger partial charge in [0.2, 0.25) is 0 Å². The van der Waals surface area contributed by atoms with Gasteiger partial charge in [-0.15, -0.1) is 24.0 Å². The highest BCUT2D eigenvalue weighted by Crippen LogP contribution is 2.20. The van der Waals surface area contributed by atoms with E-state index in [4.69, 9.17) is 4.74 Å². The second-order valence-electron chi connectivity index (χ2n) is 6.77. The summed E-state index contributed by atoms with van der Waals surface area (Å²) in [4.78, 5) is 5.99. The lowest BCUT2D eigenvalue weighted by Gasteiger charge is -2.21. The van der Waals surface area contributed by atoms with Gasteiger partial charge in [-0.2, -0.15) is 13.2 Å². The van der Waals surface area contributed by atoms with Crippen molar-refractivity contribution in [1.82, 2.24) is 15.5 Å². The van der Waals surface area contributed by atoms with Gasteiger partial charge in [-0.25, -0.2) is 0 Å². The molecular formula is C17H34F3IN4O. The average Bonchev–Trinajstić information content (AvgIpc) is 2.91. The van der Waals surface area contributed by atoms with Gasteiger partial charge in [0.1, 0.15) is 0 Å². The maximum absolute atomic E-state index is 12.5. The molecule has 26 heavy (non-hydrogen) atoms. The van der Waals surface area contributed by atoms with Crippen molar-refractivity contribution in [3.05, 3.63) is 0 Å². The standard InChI is InChI=1S/C17H33F3N4O.HI/c1-5-21-16(22-9-7-15(13(3)4)25-6-2)23-14-8-10-24(11-14)12-17(18,19)20;/h13-15H,5-12H2,1-4H3,(H2,21,22,23);1H. The molecule has 2 atom stereocenters. The van der Waals surface area contributed by atoms with E-state index in [9.17, 15) is 13.2 Å². The molecule has 0 amide bonds. The van der Waals surface area contributed by atoms with Crippen molar-refractivity contribution in [3.63, 3.8) is 0 Å². The van der Waals surface area contributed by atoms with Crippen molar-refractivity contribution in [2.45, 2.75) is 58.9 Å². The first-order chi connectivity index (χ1) is 11.7. The van der Waals surface area contributed by atoms with Crippen molar-refractivity contribution >= 4 is 29.9 Å². The molecule has 1 saturated heterocycles. The van der Waals surface area contributed by atoms with Crippen LogP contribution in [0.25, 0.3) is 0 Å². The lowest BCUT2D eigenvalue weighted by atomic mass is 10.0. The van der Waals surface area contributed by atoms with E-state index in [-0.39, 0.29) is 36.1 Å². The fourth-order valence-corrected chi connectivity index (χ4v) is 2.99. The fraction of sp³-hybridized carbons (Fsp3) is 0.941. The van der Waals surface area contributed by atoms with Crippen LogP contribution in [0.1, 0.15) is 40.5 Å². The number of rotatable bonds is 9. The summed E-state index contributed by atoms with van der Waals surface area (Å²) in [6.07, 6.45) is -2.45. The monoisotopic (exact) mass is 494 g/mol. The van der Waals surface area contributed by atoms with Gasteiger partial charge in [-0.3, -0.25) is 9.89 Å². The molecule has 156 valence electrons. The molecule has 1 aliphatic rings. The third kappa shape index (κ3) is 10.8. The van der Waals surface area contributed by atoms with E-state index in [1.54, 1.807) is 0 Å². The first-order valence-electron chi connectivity index (χ1n) is 9.20. The van der Waals surface area contributed by atoms with E-state index in [1.165, 1.54) is 4.90 Å². The molecule has 0 spiro atoms. The van der Waals surface area contributed by atoms with Crippen LogP contribution in [-0.2, 0) is 4.74 Å². The summed E-state index contributed by atoms with van der Waals surface area (Å²) < 4.78 is 43.1. The molecule has 9 heteroatoms. The Bertz CT molecular complexity index is 408. The Morgan fingerprint density at radius 1 is 1.31 bits per heavy atom. The largest absolute Gasteiger partial charge is 0.401 e. The molecule has 0 saturated carbocycles. The lowest BCUT2D eigenvalue weighted by molar-refractivity contribution is -0.143. The third-order valence-corrected chi connectivity index (χ3v) is 4.17. The molecule has 0 radical (unpaired) electrons. The molecule has 0 aromatic heterocycles. The zero-order valence-corrected chi connectivity index (χ0v) is 18.6. The molecule has 0 bridgehead atoms. The summed E-state index contributed by atoms with van der Waals surface area (Å²) >= 11 is 0. The average molecular weight is 494 g/mol. The Morgan fingerprint density at radius 3 is 2.54 bits per heavy atom. The molecule has 1 heterocycles. The summed E-state index contributed by atoms with van der Waals surface area (Å²) in [7, 11) is 0. The second kappa shape index (κ2) is 13.0. The zero-order valence-electron chi connectivity index (χ0n) is 16.2. The van der Waals surface area contributed by atoms with Crippen LogP contribution in [0.2, 0.25) is 0 Å². The summed E-state index contributed by atoms with van der Waals surface area (Å²) in [6, 6.07) is -0.00654. The van der Waals surface area contributed by atoms with Crippen LogP contribution < -0.4 is 10.6 Å². The number of nitrogens with zero attached hydrogens (tertiary/aromatic N) is 2. The maximum atomic E-state index is 12.5. The zero-order chi connectivity index (χ0) is 18.9. The minimum absolute atomic E-state index is 0. The number of hydrogen-bond acceptors (Lipinski definition) is 3. The minimum atomic E-state index is -4.14. The van der Waals surface area contributed by atoms with E-state index >= 15 is 0 Å². The quantitative estimate of drug-likeness (QED) is 0.294. The molecule has 2 unspecified atom stereocenters. The molecule has 1 fully saturated rings. The number of hydrogen-bond donors (Lipinski definition) is 2. The number of halogens is 4. The van der Waals surface area contributed by atoms with E-state index < -0.39 is 12.7 Å². The number of alkyl halides is 3. The number of likely N-dealkylation sites (tertiary alicyclic amines) is 1. The van der Waals surface area contributed by atoms with Crippen LogP contribution in [0.4, 0.5) is 13.2 Å². The SMILES string of the molecule is CCNC(=NCCC(OCC)C(C)C)NC1CCN(CC(F)(F)F)C1.I. The third-order valence-electron chi connectivity index (χ3n) is 4.17. The molecule has 0 aliphatic carbocycles. The van der Waals surface area contributed by atoms with Crippen LogP contribution in [0.5, 0.6) is 0 Å². The molecular weight excluding hydrogens is 460 g/mol. The summed E-state index contributed by atoms with van der Waals surface area (Å²) in [5.74, 6) is 1.09. The summed E-state index contributed by atoms with van der Waals surface area (Å²) in [5.41, 5.74) is 0. The number of nitrogens with one attached hydrogen (secondary N) is 2. The van der Waals surface area contributed by atoms with Crippen molar-refractivity contribution < 1.29 is 17.9 Å². The smallest absolute Gasteiger partial charge is 0.378 e. The highest BCUT2D eigenvalue weighted by Gasteiger charge is 2.34. The van der Waals surface area contributed by atoms with E-state index in [0.29, 0.717) is 51.1 Å². The van der Waals surface area contributed by atoms with Crippen LogP contribution >= 0.6 is 24.0 Å². The summed E-state index contributed by atoms with van der Waals surface area (Å²) in [5, 5.41) is 6.42. The van der Waals surface area contributed by atoms with Crippen molar-refractivity contribution in [1.29, 1.82) is 0 Å². The van der Waals surface area contributed by atoms with Gasteiger partial charge in [0.05, 0.1) is 12.6 Å². The van der Waals surface area contributed by atoms with Crippen molar-refractivity contribution in [3.8, 4) is 0 Å². The Morgan fingerprint density at radius 2 is 2.00 bits per heavy atom. The first kappa shape index (κ1) is 25.7. The molecule has 2 N–H and O–H groups in total. The molecule has 1 aliphatic heterocycles. The predicted molar refractivity (Wildman–Crippen MR) is 110 cm³/mol. The maximum Gasteiger partial charge on any atom is 0.401 e. The van der Waals surface area contributed by atoms with Gasteiger partial charge in [0.15, 0.2) is 5.96 Å². The van der Waals surface area contributed by atoms with Gasteiger partial charge in [-0.1, -0.05) is 13.8 Å². The summed E-state index contributed by atoms with van der Waals surface area (Å²) in [6.45, 7) is 10.2. The van der Waals surface area contributed by atoms with Gasteiger partial charge in [-0.05, 0) is 32.6 Å². The molecule has 0 aromatic carbocycles. The van der Waals surface area contributed by atoms with Crippen molar-refractivity contribution in [2.75, 3.05) is 39.3 Å². The normalized spacial score (nSPS) is 20.2.